The maximum absolute atomic E-state index is 12.0. The lowest BCUT2D eigenvalue weighted by Gasteiger charge is -2.10. The van der Waals surface area contributed by atoms with Crippen LogP contribution in [0.3, 0.4) is 0 Å². The molecule has 0 radical (unpaired) electrons. The number of benzene rings is 2. The molecule has 0 saturated carbocycles. The Labute approximate surface area is 152 Å². The molecular formula is C23H30O2. The molecule has 0 spiro atoms. The van der Waals surface area contributed by atoms with E-state index in [0.29, 0.717) is 13.0 Å². The Morgan fingerprint density at radius 1 is 0.800 bits per heavy atom. The Hall–Kier alpha value is -2.09. The van der Waals surface area contributed by atoms with Gasteiger partial charge < -0.3 is 4.74 Å². The summed E-state index contributed by atoms with van der Waals surface area (Å²) in [6.45, 7) is 2.58. The van der Waals surface area contributed by atoms with Crippen molar-refractivity contribution < 1.29 is 9.53 Å². The van der Waals surface area contributed by atoms with Crippen molar-refractivity contribution in [2.75, 3.05) is 0 Å². The third-order valence-electron chi connectivity index (χ3n) is 4.48. The quantitative estimate of drug-likeness (QED) is 0.343. The maximum Gasteiger partial charge on any atom is 0.306 e. The summed E-state index contributed by atoms with van der Waals surface area (Å²) >= 11 is 0. The van der Waals surface area contributed by atoms with Gasteiger partial charge in [0.1, 0.15) is 6.61 Å². The minimum atomic E-state index is -0.0866. The second-order valence-corrected chi connectivity index (χ2v) is 6.56. The molecule has 0 aliphatic carbocycles. The van der Waals surface area contributed by atoms with E-state index in [2.05, 4.69) is 25.1 Å². The minimum absolute atomic E-state index is 0.0866. The molecule has 2 rings (SSSR count). The third kappa shape index (κ3) is 7.13. The van der Waals surface area contributed by atoms with E-state index in [1.807, 2.05) is 36.4 Å². The van der Waals surface area contributed by atoms with Crippen LogP contribution in [0.15, 0.2) is 54.6 Å². The first-order valence-electron chi connectivity index (χ1n) is 9.60. The fourth-order valence-corrected chi connectivity index (χ4v) is 3.00. The number of esters is 1. The van der Waals surface area contributed by atoms with E-state index in [0.717, 1.165) is 29.5 Å². The predicted octanol–water partition coefficient (Wildman–Crippen LogP) is 6.54. The smallest absolute Gasteiger partial charge is 0.306 e. The Morgan fingerprint density at radius 3 is 2.20 bits per heavy atom. The van der Waals surface area contributed by atoms with Gasteiger partial charge in [0, 0.05) is 6.42 Å². The van der Waals surface area contributed by atoms with Crippen molar-refractivity contribution in [2.45, 2.75) is 64.9 Å². The van der Waals surface area contributed by atoms with Gasteiger partial charge in [-0.1, -0.05) is 100 Å². The monoisotopic (exact) mass is 338 g/mol. The molecule has 0 unspecified atom stereocenters. The molecule has 2 nitrogen and oxygen atoms in total. The molecule has 134 valence electrons. The standard InChI is InChI=1S/C23H30O2/c1-2-3-4-5-6-7-11-18-23(24)25-19-21-16-12-13-17-22(21)20-14-9-8-10-15-20/h8-10,12-17H,2-7,11,18-19H2,1H3. The highest BCUT2D eigenvalue weighted by Crippen LogP contribution is 2.24. The van der Waals surface area contributed by atoms with E-state index < -0.39 is 0 Å². The largest absolute Gasteiger partial charge is 0.461 e. The lowest BCUT2D eigenvalue weighted by molar-refractivity contribution is -0.145. The zero-order chi connectivity index (χ0) is 17.7. The van der Waals surface area contributed by atoms with Gasteiger partial charge in [-0.25, -0.2) is 0 Å². The van der Waals surface area contributed by atoms with Crippen molar-refractivity contribution in [3.63, 3.8) is 0 Å². The molecule has 0 aromatic heterocycles. The number of hydrogen-bond acceptors (Lipinski definition) is 2. The van der Waals surface area contributed by atoms with E-state index in [9.17, 15) is 4.79 Å². The molecule has 2 heteroatoms. The van der Waals surface area contributed by atoms with Crippen LogP contribution < -0.4 is 0 Å². The van der Waals surface area contributed by atoms with Crippen LogP contribution in [-0.2, 0) is 16.1 Å². The van der Waals surface area contributed by atoms with Crippen LogP contribution in [-0.4, -0.2) is 5.97 Å². The molecule has 0 amide bonds. The van der Waals surface area contributed by atoms with Gasteiger partial charge in [-0.15, -0.1) is 0 Å². The van der Waals surface area contributed by atoms with Gasteiger partial charge in [-0.2, -0.15) is 0 Å². The molecular weight excluding hydrogens is 308 g/mol. The zero-order valence-corrected chi connectivity index (χ0v) is 15.4. The van der Waals surface area contributed by atoms with Gasteiger partial charge in [0.2, 0.25) is 0 Å². The van der Waals surface area contributed by atoms with Gasteiger partial charge in [0.25, 0.3) is 0 Å². The Balaban J connectivity index is 1.73. The zero-order valence-electron chi connectivity index (χ0n) is 15.4. The third-order valence-corrected chi connectivity index (χ3v) is 4.48. The minimum Gasteiger partial charge on any atom is -0.461 e. The number of carbonyl (C=O) groups excluding carboxylic acids is 1. The first-order chi connectivity index (χ1) is 12.3. The van der Waals surface area contributed by atoms with E-state index in [1.54, 1.807) is 0 Å². The van der Waals surface area contributed by atoms with Crippen molar-refractivity contribution in [2.24, 2.45) is 0 Å². The molecule has 0 N–H and O–H groups in total. The molecule has 0 aliphatic heterocycles. The van der Waals surface area contributed by atoms with Crippen LogP contribution in [0.25, 0.3) is 11.1 Å². The van der Waals surface area contributed by atoms with Crippen molar-refractivity contribution in [1.29, 1.82) is 0 Å². The van der Waals surface area contributed by atoms with Crippen LogP contribution in [0.1, 0.15) is 63.9 Å². The lowest BCUT2D eigenvalue weighted by atomic mass is 10.0. The average molecular weight is 338 g/mol. The van der Waals surface area contributed by atoms with Crippen molar-refractivity contribution >= 4 is 5.97 Å². The van der Waals surface area contributed by atoms with E-state index in [-0.39, 0.29) is 5.97 Å². The van der Waals surface area contributed by atoms with Crippen molar-refractivity contribution in [1.82, 2.24) is 0 Å². The van der Waals surface area contributed by atoms with Gasteiger partial charge >= 0.3 is 5.97 Å². The summed E-state index contributed by atoms with van der Waals surface area (Å²) in [6, 6.07) is 18.3. The first-order valence-corrected chi connectivity index (χ1v) is 9.60. The fourth-order valence-electron chi connectivity index (χ4n) is 3.00. The topological polar surface area (TPSA) is 26.3 Å². The normalized spacial score (nSPS) is 10.6. The van der Waals surface area contributed by atoms with Crippen molar-refractivity contribution in [3.8, 4) is 11.1 Å². The van der Waals surface area contributed by atoms with Gasteiger partial charge in [-0.3, -0.25) is 4.79 Å². The number of hydrogen-bond donors (Lipinski definition) is 0. The van der Waals surface area contributed by atoms with E-state index >= 15 is 0 Å². The van der Waals surface area contributed by atoms with Gasteiger partial charge in [0.15, 0.2) is 0 Å². The fraction of sp³-hybridized carbons (Fsp3) is 0.435. The highest BCUT2D eigenvalue weighted by Gasteiger charge is 2.08. The van der Waals surface area contributed by atoms with E-state index in [4.69, 9.17) is 4.74 Å². The first kappa shape index (κ1) is 19.2. The van der Waals surface area contributed by atoms with Crippen LogP contribution in [0.2, 0.25) is 0 Å². The number of ether oxygens (including phenoxy) is 1. The Bertz CT molecular complexity index is 619. The molecule has 0 atom stereocenters. The van der Waals surface area contributed by atoms with Gasteiger partial charge in [0.05, 0.1) is 0 Å². The summed E-state index contributed by atoms with van der Waals surface area (Å²) in [7, 11) is 0. The second-order valence-electron chi connectivity index (χ2n) is 6.56. The Kier molecular flexibility index (Phi) is 8.82. The molecule has 0 heterocycles. The summed E-state index contributed by atoms with van der Waals surface area (Å²) in [5.74, 6) is -0.0866. The highest BCUT2D eigenvalue weighted by molar-refractivity contribution is 5.70. The van der Waals surface area contributed by atoms with Crippen molar-refractivity contribution in [3.05, 3.63) is 60.2 Å². The van der Waals surface area contributed by atoms with Crippen LogP contribution >= 0.6 is 0 Å². The predicted molar refractivity (Wildman–Crippen MR) is 104 cm³/mol. The Morgan fingerprint density at radius 2 is 1.44 bits per heavy atom. The molecule has 2 aromatic rings. The summed E-state index contributed by atoms with van der Waals surface area (Å²) < 4.78 is 5.50. The molecule has 0 bridgehead atoms. The maximum atomic E-state index is 12.0. The van der Waals surface area contributed by atoms with Crippen LogP contribution in [0.4, 0.5) is 0 Å². The molecule has 0 saturated heterocycles. The number of unbranched alkanes of at least 4 members (excludes halogenated alkanes) is 6. The van der Waals surface area contributed by atoms with E-state index in [1.165, 1.54) is 32.1 Å². The summed E-state index contributed by atoms with van der Waals surface area (Å²) in [6.07, 6.45) is 9.01. The summed E-state index contributed by atoms with van der Waals surface area (Å²) in [5.41, 5.74) is 3.34. The molecule has 2 aromatic carbocycles. The van der Waals surface area contributed by atoms with Crippen LogP contribution in [0, 0.1) is 0 Å². The number of rotatable bonds is 11. The molecule has 0 aliphatic rings. The number of carbonyl (C=O) groups is 1. The van der Waals surface area contributed by atoms with Crippen LogP contribution in [0.5, 0.6) is 0 Å². The summed E-state index contributed by atoms with van der Waals surface area (Å²) in [4.78, 5) is 12.0. The molecule has 0 fully saturated rings. The molecule has 25 heavy (non-hydrogen) atoms. The average Bonchev–Trinajstić information content (AvgIpc) is 2.66. The SMILES string of the molecule is CCCCCCCCCC(=O)OCc1ccccc1-c1ccccc1. The van der Waals surface area contributed by atoms with Gasteiger partial charge in [-0.05, 0) is 23.1 Å². The highest BCUT2D eigenvalue weighted by atomic mass is 16.5. The summed E-state index contributed by atoms with van der Waals surface area (Å²) in [5, 5.41) is 0. The lowest BCUT2D eigenvalue weighted by Crippen LogP contribution is -2.05. The second kappa shape index (κ2) is 11.5.